The third kappa shape index (κ3) is 4.51. The van der Waals surface area contributed by atoms with Crippen LogP contribution in [0.2, 0.25) is 0 Å². The van der Waals surface area contributed by atoms with E-state index in [-0.39, 0.29) is 0 Å². The Labute approximate surface area is 192 Å². The van der Waals surface area contributed by atoms with E-state index in [1.807, 2.05) is 24.5 Å². The maximum absolute atomic E-state index is 4.44. The SMILES string of the molecule is c1ccc(CSc2nncc3c2Sc2c(cnnc2SCc2ccccc2)S3)cc1. The first-order valence-corrected chi connectivity index (χ1v) is 12.9. The molecule has 0 bridgehead atoms. The Hall–Kier alpha value is -2.00. The van der Waals surface area contributed by atoms with Gasteiger partial charge in [0.1, 0.15) is 10.1 Å². The van der Waals surface area contributed by atoms with Gasteiger partial charge in [-0.2, -0.15) is 10.2 Å². The van der Waals surface area contributed by atoms with Crippen LogP contribution in [0.3, 0.4) is 0 Å². The van der Waals surface area contributed by atoms with Gasteiger partial charge in [0, 0.05) is 21.3 Å². The van der Waals surface area contributed by atoms with Crippen LogP contribution in [-0.4, -0.2) is 20.4 Å². The van der Waals surface area contributed by atoms with Crippen molar-refractivity contribution < 1.29 is 0 Å². The molecule has 1 aliphatic heterocycles. The quantitative estimate of drug-likeness (QED) is 0.265. The average molecular weight is 465 g/mol. The Kier molecular flexibility index (Phi) is 6.26. The van der Waals surface area contributed by atoms with Gasteiger partial charge in [0.25, 0.3) is 0 Å². The summed E-state index contributed by atoms with van der Waals surface area (Å²) in [6.07, 6.45) is 3.69. The molecule has 3 heterocycles. The van der Waals surface area contributed by atoms with Gasteiger partial charge < -0.3 is 0 Å². The molecule has 2 aromatic carbocycles. The van der Waals surface area contributed by atoms with Gasteiger partial charge in [-0.25, -0.2) is 0 Å². The van der Waals surface area contributed by atoms with Gasteiger partial charge in [-0.05, 0) is 11.1 Å². The summed E-state index contributed by atoms with van der Waals surface area (Å²) in [7, 11) is 0. The number of fused-ring (bicyclic) bond motifs is 2. The Morgan fingerprint density at radius 3 is 1.53 bits per heavy atom. The second-order valence-corrected chi connectivity index (χ2v) is 10.5. The second-order valence-electron chi connectivity index (χ2n) is 6.44. The van der Waals surface area contributed by atoms with E-state index in [2.05, 4.69) is 68.9 Å². The Balaban J connectivity index is 1.38. The van der Waals surface area contributed by atoms with Crippen LogP contribution >= 0.6 is 47.0 Å². The lowest BCUT2D eigenvalue weighted by molar-refractivity contribution is 0.801. The summed E-state index contributed by atoms with van der Waals surface area (Å²) in [5, 5.41) is 19.3. The van der Waals surface area contributed by atoms with Crippen molar-refractivity contribution in [3.63, 3.8) is 0 Å². The van der Waals surface area contributed by atoms with Crippen LogP contribution in [0.5, 0.6) is 0 Å². The van der Waals surface area contributed by atoms with Crippen molar-refractivity contribution in [1.29, 1.82) is 0 Å². The molecule has 0 fully saturated rings. The van der Waals surface area contributed by atoms with Crippen LogP contribution in [0.4, 0.5) is 0 Å². The van der Waals surface area contributed by atoms with Crippen molar-refractivity contribution in [2.45, 2.75) is 41.1 Å². The molecule has 1 aliphatic rings. The van der Waals surface area contributed by atoms with Crippen molar-refractivity contribution in [3.05, 3.63) is 84.2 Å². The number of rotatable bonds is 6. The van der Waals surface area contributed by atoms with Gasteiger partial charge in [-0.1, -0.05) is 108 Å². The highest BCUT2D eigenvalue weighted by atomic mass is 32.2. The smallest absolute Gasteiger partial charge is 0.134 e. The fourth-order valence-electron chi connectivity index (χ4n) is 2.88. The van der Waals surface area contributed by atoms with E-state index in [4.69, 9.17) is 0 Å². The molecule has 0 saturated heterocycles. The van der Waals surface area contributed by atoms with Crippen LogP contribution in [0.1, 0.15) is 11.1 Å². The van der Waals surface area contributed by atoms with E-state index in [0.29, 0.717) is 0 Å². The Morgan fingerprint density at radius 1 is 0.600 bits per heavy atom. The minimum absolute atomic E-state index is 0.869. The van der Waals surface area contributed by atoms with Crippen molar-refractivity contribution >= 4 is 47.0 Å². The number of hydrogen-bond acceptors (Lipinski definition) is 8. The average Bonchev–Trinajstić information content (AvgIpc) is 2.81. The summed E-state index contributed by atoms with van der Waals surface area (Å²) in [4.78, 5) is 4.59. The number of thioether (sulfide) groups is 2. The van der Waals surface area contributed by atoms with Crippen molar-refractivity contribution in [3.8, 4) is 0 Å². The fourth-order valence-corrected chi connectivity index (χ4v) is 7.38. The van der Waals surface area contributed by atoms with E-state index < -0.39 is 0 Å². The third-order valence-corrected chi connectivity index (χ3v) is 9.23. The molecule has 5 rings (SSSR count). The molecule has 30 heavy (non-hydrogen) atoms. The van der Waals surface area contributed by atoms with Crippen LogP contribution in [0, 0.1) is 0 Å². The highest BCUT2D eigenvalue weighted by Gasteiger charge is 2.25. The summed E-state index contributed by atoms with van der Waals surface area (Å²) in [5.74, 6) is 1.74. The molecule has 0 aliphatic carbocycles. The lowest BCUT2D eigenvalue weighted by Crippen LogP contribution is -2.00. The second kappa shape index (κ2) is 9.43. The Bertz CT molecular complexity index is 1070. The molecule has 0 saturated carbocycles. The summed E-state index contributed by atoms with van der Waals surface area (Å²) in [5.41, 5.74) is 2.56. The largest absolute Gasteiger partial charge is 0.157 e. The van der Waals surface area contributed by atoms with E-state index in [9.17, 15) is 0 Å². The maximum Gasteiger partial charge on any atom is 0.134 e. The first-order valence-electron chi connectivity index (χ1n) is 9.27. The van der Waals surface area contributed by atoms with Gasteiger partial charge in [0.2, 0.25) is 0 Å². The van der Waals surface area contributed by atoms with Gasteiger partial charge in [0.15, 0.2) is 0 Å². The van der Waals surface area contributed by atoms with Crippen LogP contribution in [-0.2, 0) is 11.5 Å². The van der Waals surface area contributed by atoms with E-state index in [0.717, 1.165) is 41.1 Å². The summed E-state index contributed by atoms with van der Waals surface area (Å²) in [6.45, 7) is 0. The number of benzene rings is 2. The molecule has 0 radical (unpaired) electrons. The molecule has 148 valence electrons. The highest BCUT2D eigenvalue weighted by molar-refractivity contribution is 8.06. The van der Waals surface area contributed by atoms with E-state index in [1.165, 1.54) is 11.1 Å². The van der Waals surface area contributed by atoms with Crippen molar-refractivity contribution in [1.82, 2.24) is 20.4 Å². The van der Waals surface area contributed by atoms with Gasteiger partial charge >= 0.3 is 0 Å². The number of aromatic nitrogens is 4. The molecular formula is C22H16N4S4. The molecule has 0 N–H and O–H groups in total. The van der Waals surface area contributed by atoms with Crippen molar-refractivity contribution in [2.75, 3.05) is 0 Å². The summed E-state index contributed by atoms with van der Waals surface area (Å²) >= 11 is 6.90. The normalized spacial score (nSPS) is 12.3. The molecule has 0 spiro atoms. The van der Waals surface area contributed by atoms with Crippen LogP contribution in [0.25, 0.3) is 0 Å². The summed E-state index contributed by atoms with van der Waals surface area (Å²) < 4.78 is 0. The minimum Gasteiger partial charge on any atom is -0.157 e. The van der Waals surface area contributed by atoms with Crippen LogP contribution < -0.4 is 0 Å². The first-order chi connectivity index (χ1) is 14.9. The maximum atomic E-state index is 4.44. The third-order valence-electron chi connectivity index (χ3n) is 4.34. The molecule has 0 unspecified atom stereocenters. The fraction of sp³-hybridized carbons (Fsp3) is 0.0909. The van der Waals surface area contributed by atoms with Gasteiger partial charge in [0.05, 0.1) is 22.2 Å². The molecule has 0 amide bonds. The zero-order valence-electron chi connectivity index (χ0n) is 15.8. The van der Waals surface area contributed by atoms with Crippen molar-refractivity contribution in [2.24, 2.45) is 0 Å². The van der Waals surface area contributed by atoms with Gasteiger partial charge in [-0.15, -0.1) is 10.2 Å². The lowest BCUT2D eigenvalue weighted by Gasteiger charge is -2.20. The molecule has 8 heteroatoms. The van der Waals surface area contributed by atoms with E-state index in [1.54, 1.807) is 47.0 Å². The first kappa shape index (κ1) is 19.9. The lowest BCUT2D eigenvalue weighted by atomic mass is 10.2. The summed E-state index contributed by atoms with van der Waals surface area (Å²) in [6, 6.07) is 20.9. The molecule has 4 aromatic rings. The zero-order chi connectivity index (χ0) is 20.2. The highest BCUT2D eigenvalue weighted by Crippen LogP contribution is 2.52. The minimum atomic E-state index is 0.869. The van der Waals surface area contributed by atoms with E-state index >= 15 is 0 Å². The standard InChI is InChI=1S/C22H16N4S4/c1-3-7-15(8-4-1)13-27-21-19-17(11-23-25-21)29-18-12-24-26-22(20(18)30-19)28-14-16-9-5-2-6-10-16/h1-12H,13-14H2. The Morgan fingerprint density at radius 2 is 1.07 bits per heavy atom. The molecular weight excluding hydrogens is 449 g/mol. The number of hydrogen-bond donors (Lipinski definition) is 0. The van der Waals surface area contributed by atoms with Crippen LogP contribution in [0.15, 0.2) is 103 Å². The molecule has 0 atom stereocenters. The topological polar surface area (TPSA) is 51.6 Å². The van der Waals surface area contributed by atoms with Gasteiger partial charge in [-0.3, -0.25) is 0 Å². The monoisotopic (exact) mass is 464 g/mol. The molecule has 2 aromatic heterocycles. The predicted molar refractivity (Wildman–Crippen MR) is 124 cm³/mol. The molecule has 4 nitrogen and oxygen atoms in total. The number of nitrogens with zero attached hydrogens (tertiary/aromatic N) is 4. The zero-order valence-corrected chi connectivity index (χ0v) is 19.0. The predicted octanol–water partition coefficient (Wildman–Crippen LogP) is 6.47.